The van der Waals surface area contributed by atoms with Gasteiger partial charge in [-0.1, -0.05) is 110 Å². The van der Waals surface area contributed by atoms with Crippen LogP contribution in [0.4, 0.5) is 0 Å². The molecule has 0 aromatic carbocycles. The Kier molecular flexibility index (Phi) is 13.4. The first kappa shape index (κ1) is 21.6. The van der Waals surface area contributed by atoms with Crippen molar-refractivity contribution in [2.45, 2.75) is 129 Å². The van der Waals surface area contributed by atoms with Gasteiger partial charge in [-0.15, -0.1) is 0 Å². The normalized spacial score (nSPS) is 20.0. The van der Waals surface area contributed by atoms with E-state index in [-0.39, 0.29) is 0 Å². The topological polar surface area (TPSA) is 9.23 Å². The van der Waals surface area contributed by atoms with Crippen molar-refractivity contribution in [1.29, 1.82) is 0 Å². The molecule has 0 unspecified atom stereocenters. The fourth-order valence-electron chi connectivity index (χ4n) is 3.91. The molecule has 1 saturated heterocycles. The van der Waals surface area contributed by atoms with Gasteiger partial charge in [-0.05, 0) is 19.3 Å². The largest absolute Gasteiger partial charge is 0.494 e. The van der Waals surface area contributed by atoms with E-state index in [2.05, 4.69) is 20.4 Å². The van der Waals surface area contributed by atoms with Crippen molar-refractivity contribution in [2.75, 3.05) is 0 Å². The van der Waals surface area contributed by atoms with Crippen molar-refractivity contribution in [1.82, 2.24) is 0 Å². The predicted molar refractivity (Wildman–Crippen MR) is 107 cm³/mol. The summed E-state index contributed by atoms with van der Waals surface area (Å²) in [7, 11) is 0. The van der Waals surface area contributed by atoms with Crippen molar-refractivity contribution in [3.05, 3.63) is 12.3 Å². The van der Waals surface area contributed by atoms with Crippen molar-refractivity contribution in [3.8, 4) is 0 Å². The molecule has 1 nitrogen and oxygen atoms in total. The van der Waals surface area contributed by atoms with Gasteiger partial charge in [0.2, 0.25) is 0 Å². The Bertz CT molecular complexity index is 296. The molecule has 0 saturated carbocycles. The minimum Gasteiger partial charge on any atom is -0.494 e. The molecule has 1 rings (SSSR count). The lowest BCUT2D eigenvalue weighted by Crippen LogP contribution is -2.37. The zero-order chi connectivity index (χ0) is 17.5. The lowest BCUT2D eigenvalue weighted by molar-refractivity contribution is -0.0524. The highest BCUT2D eigenvalue weighted by Gasteiger charge is 2.35. The number of hydrogen-bond acceptors (Lipinski definition) is 1. The molecule has 1 aliphatic rings. The van der Waals surface area contributed by atoms with E-state index in [9.17, 15) is 0 Å². The molecular formula is C23H44O. The van der Waals surface area contributed by atoms with Gasteiger partial charge < -0.3 is 4.74 Å². The Balaban J connectivity index is 1.87. The number of rotatable bonds is 17. The standard InChI is InChI=1S/C23H44O/c1-4-6-8-10-11-12-13-14-15-16-18-20-23-22(21(3)24-23)19-17-9-7-5-2/h22-23H,3-20H2,1-2H3/t22-,23+/m0/s1. The third-order valence-electron chi connectivity index (χ3n) is 5.63. The number of ether oxygens (including phenoxy) is 1. The summed E-state index contributed by atoms with van der Waals surface area (Å²) < 4.78 is 5.81. The molecule has 0 aromatic rings. The zero-order valence-corrected chi connectivity index (χ0v) is 16.8. The number of hydrogen-bond donors (Lipinski definition) is 0. The molecule has 2 atom stereocenters. The van der Waals surface area contributed by atoms with E-state index < -0.39 is 0 Å². The maximum Gasteiger partial charge on any atom is 0.108 e. The van der Waals surface area contributed by atoms with Crippen LogP contribution < -0.4 is 0 Å². The fraction of sp³-hybridized carbons (Fsp3) is 0.913. The van der Waals surface area contributed by atoms with E-state index in [1.165, 1.54) is 109 Å². The van der Waals surface area contributed by atoms with E-state index >= 15 is 0 Å². The van der Waals surface area contributed by atoms with Gasteiger partial charge in [-0.2, -0.15) is 0 Å². The monoisotopic (exact) mass is 336 g/mol. The third kappa shape index (κ3) is 9.74. The van der Waals surface area contributed by atoms with E-state index in [1.807, 2.05) is 0 Å². The molecule has 1 fully saturated rings. The molecule has 24 heavy (non-hydrogen) atoms. The molecule has 0 radical (unpaired) electrons. The summed E-state index contributed by atoms with van der Waals surface area (Å²) in [6.45, 7) is 8.64. The highest BCUT2D eigenvalue weighted by Crippen LogP contribution is 2.38. The third-order valence-corrected chi connectivity index (χ3v) is 5.63. The second kappa shape index (κ2) is 14.8. The van der Waals surface area contributed by atoms with Crippen LogP contribution in [0, 0.1) is 5.92 Å². The van der Waals surface area contributed by atoms with Crippen LogP contribution in [0.2, 0.25) is 0 Å². The van der Waals surface area contributed by atoms with E-state index in [1.54, 1.807) is 0 Å². The van der Waals surface area contributed by atoms with Crippen molar-refractivity contribution >= 4 is 0 Å². The van der Waals surface area contributed by atoms with Crippen LogP contribution in [0.3, 0.4) is 0 Å². The van der Waals surface area contributed by atoms with E-state index in [0.29, 0.717) is 12.0 Å². The van der Waals surface area contributed by atoms with Gasteiger partial charge in [0.15, 0.2) is 0 Å². The molecule has 1 heteroatoms. The second-order valence-corrected chi connectivity index (χ2v) is 7.90. The fourth-order valence-corrected chi connectivity index (χ4v) is 3.91. The minimum absolute atomic E-state index is 0.498. The number of unbranched alkanes of at least 4 members (excludes halogenated alkanes) is 13. The molecule has 0 bridgehead atoms. The lowest BCUT2D eigenvalue weighted by atomic mass is 9.86. The average Bonchev–Trinajstić information content (AvgIpc) is 2.58. The first-order chi connectivity index (χ1) is 11.8. The molecule has 0 aromatic heterocycles. The maximum atomic E-state index is 5.81. The van der Waals surface area contributed by atoms with Crippen LogP contribution in [-0.4, -0.2) is 6.10 Å². The van der Waals surface area contributed by atoms with Gasteiger partial charge in [0.25, 0.3) is 0 Å². The Labute approximate surface area is 152 Å². The van der Waals surface area contributed by atoms with E-state index in [0.717, 1.165) is 5.76 Å². The van der Waals surface area contributed by atoms with Gasteiger partial charge in [0.05, 0.1) is 11.7 Å². The van der Waals surface area contributed by atoms with Gasteiger partial charge in [-0.25, -0.2) is 0 Å². The highest BCUT2D eigenvalue weighted by molar-refractivity contribution is 5.05. The second-order valence-electron chi connectivity index (χ2n) is 7.90. The zero-order valence-electron chi connectivity index (χ0n) is 16.8. The Hall–Kier alpha value is -0.460. The van der Waals surface area contributed by atoms with Crippen LogP contribution in [0.5, 0.6) is 0 Å². The first-order valence-electron chi connectivity index (χ1n) is 11.1. The summed E-state index contributed by atoms with van der Waals surface area (Å²) in [5.41, 5.74) is 0. The Morgan fingerprint density at radius 2 is 1.04 bits per heavy atom. The van der Waals surface area contributed by atoms with E-state index in [4.69, 9.17) is 4.74 Å². The summed E-state index contributed by atoms with van der Waals surface area (Å²) in [5.74, 6) is 1.74. The summed E-state index contributed by atoms with van der Waals surface area (Å²) >= 11 is 0. The van der Waals surface area contributed by atoms with Crippen LogP contribution in [0.25, 0.3) is 0 Å². The summed E-state index contributed by atoms with van der Waals surface area (Å²) in [5, 5.41) is 0. The smallest absolute Gasteiger partial charge is 0.108 e. The molecule has 0 amide bonds. The van der Waals surface area contributed by atoms with Crippen LogP contribution in [0.15, 0.2) is 12.3 Å². The lowest BCUT2D eigenvalue weighted by Gasteiger charge is -2.40. The van der Waals surface area contributed by atoms with Crippen LogP contribution >= 0.6 is 0 Å². The highest BCUT2D eigenvalue weighted by atomic mass is 16.5. The summed E-state index contributed by atoms with van der Waals surface area (Å²) in [4.78, 5) is 0. The molecule has 1 heterocycles. The Morgan fingerprint density at radius 3 is 1.54 bits per heavy atom. The predicted octanol–water partition coefficient (Wildman–Crippen LogP) is 8.19. The quantitative estimate of drug-likeness (QED) is 0.243. The van der Waals surface area contributed by atoms with Gasteiger partial charge in [0, 0.05) is 0 Å². The molecular weight excluding hydrogens is 292 g/mol. The van der Waals surface area contributed by atoms with Gasteiger partial charge in [-0.3, -0.25) is 0 Å². The summed E-state index contributed by atoms with van der Waals surface area (Å²) in [6, 6.07) is 0. The van der Waals surface area contributed by atoms with Gasteiger partial charge in [0.1, 0.15) is 6.10 Å². The van der Waals surface area contributed by atoms with Crippen molar-refractivity contribution in [3.63, 3.8) is 0 Å². The average molecular weight is 337 g/mol. The van der Waals surface area contributed by atoms with Crippen molar-refractivity contribution < 1.29 is 4.74 Å². The van der Waals surface area contributed by atoms with Crippen LogP contribution in [0.1, 0.15) is 123 Å². The maximum absolute atomic E-state index is 5.81. The van der Waals surface area contributed by atoms with Gasteiger partial charge >= 0.3 is 0 Å². The summed E-state index contributed by atoms with van der Waals surface area (Å²) in [6.07, 6.45) is 24.1. The minimum atomic E-state index is 0.498. The Morgan fingerprint density at radius 1 is 0.625 bits per heavy atom. The molecule has 0 N–H and O–H groups in total. The van der Waals surface area contributed by atoms with Crippen molar-refractivity contribution in [2.24, 2.45) is 5.92 Å². The molecule has 0 spiro atoms. The van der Waals surface area contributed by atoms with Crippen LogP contribution in [-0.2, 0) is 4.74 Å². The SMILES string of the molecule is C=C1O[C@H](CCCCCCCCCCCCC)[C@H]1CCCCCC. The molecule has 1 aliphatic heterocycles. The first-order valence-corrected chi connectivity index (χ1v) is 11.1. The molecule has 0 aliphatic carbocycles. The molecule has 142 valence electrons.